The highest BCUT2D eigenvalue weighted by Crippen LogP contribution is 2.05. The van der Waals surface area contributed by atoms with Gasteiger partial charge in [0.25, 0.3) is 0 Å². The summed E-state index contributed by atoms with van der Waals surface area (Å²) in [4.78, 5) is 15.3. The van der Waals surface area contributed by atoms with Crippen LogP contribution in [0.15, 0.2) is 38.6 Å². The molecule has 0 unspecified atom stereocenters. The fourth-order valence-corrected chi connectivity index (χ4v) is 1.14. The quantitative estimate of drug-likeness (QED) is 0.413. The van der Waals surface area contributed by atoms with Gasteiger partial charge in [-0.2, -0.15) is 0 Å². The first-order valence-electron chi connectivity index (χ1n) is 3.88. The van der Waals surface area contributed by atoms with Crippen molar-refractivity contribution in [2.75, 3.05) is 0 Å². The molecule has 1 aromatic heterocycles. The molecule has 0 aliphatic heterocycles. The molecule has 0 bridgehead atoms. The number of para-hydroxylation sites is 1. The van der Waals surface area contributed by atoms with Crippen LogP contribution in [0.5, 0.6) is 0 Å². The van der Waals surface area contributed by atoms with Gasteiger partial charge in [-0.15, -0.1) is 0 Å². The summed E-state index contributed by atoms with van der Waals surface area (Å²) < 4.78 is 4.75. The van der Waals surface area contributed by atoms with E-state index in [1.54, 1.807) is 24.3 Å². The SMILES string of the molecule is O=c1oc(/C=N/O)nc2ccccc12. The maximum Gasteiger partial charge on any atom is 0.347 e. The van der Waals surface area contributed by atoms with Gasteiger partial charge >= 0.3 is 5.63 Å². The average molecular weight is 190 g/mol. The molecule has 5 heteroatoms. The summed E-state index contributed by atoms with van der Waals surface area (Å²) in [5, 5.41) is 11.4. The van der Waals surface area contributed by atoms with Crippen molar-refractivity contribution in [1.82, 2.24) is 4.98 Å². The van der Waals surface area contributed by atoms with Crippen molar-refractivity contribution in [2.45, 2.75) is 0 Å². The Bertz CT molecular complexity index is 545. The summed E-state index contributed by atoms with van der Waals surface area (Å²) in [5.41, 5.74) is 0.0177. The highest BCUT2D eigenvalue weighted by Gasteiger charge is 2.02. The Morgan fingerprint density at radius 3 is 3.00 bits per heavy atom. The lowest BCUT2D eigenvalue weighted by molar-refractivity contribution is 0.320. The minimum atomic E-state index is -0.495. The molecule has 1 heterocycles. The third-order valence-corrected chi connectivity index (χ3v) is 1.72. The number of oxime groups is 1. The van der Waals surface area contributed by atoms with Gasteiger partial charge in [0.05, 0.1) is 10.9 Å². The Morgan fingerprint density at radius 2 is 2.21 bits per heavy atom. The zero-order chi connectivity index (χ0) is 9.97. The van der Waals surface area contributed by atoms with E-state index >= 15 is 0 Å². The second-order valence-corrected chi connectivity index (χ2v) is 2.60. The smallest absolute Gasteiger partial charge is 0.347 e. The molecule has 0 fully saturated rings. The molecule has 0 saturated carbocycles. The Hall–Kier alpha value is -2.17. The van der Waals surface area contributed by atoms with Gasteiger partial charge in [-0.05, 0) is 12.1 Å². The number of hydrogen-bond acceptors (Lipinski definition) is 5. The molecule has 0 radical (unpaired) electrons. The molecule has 2 rings (SSSR count). The molecule has 1 N–H and O–H groups in total. The van der Waals surface area contributed by atoms with Crippen molar-refractivity contribution in [3.8, 4) is 0 Å². The first kappa shape index (κ1) is 8.43. The fraction of sp³-hybridized carbons (Fsp3) is 0. The monoisotopic (exact) mass is 190 g/mol. The van der Waals surface area contributed by atoms with Gasteiger partial charge in [-0.1, -0.05) is 17.3 Å². The highest BCUT2D eigenvalue weighted by molar-refractivity contribution is 5.80. The number of hydrogen-bond donors (Lipinski definition) is 1. The van der Waals surface area contributed by atoms with Crippen LogP contribution < -0.4 is 5.63 Å². The molecule has 0 spiro atoms. The zero-order valence-electron chi connectivity index (χ0n) is 7.04. The van der Waals surface area contributed by atoms with Crippen molar-refractivity contribution in [2.24, 2.45) is 5.16 Å². The van der Waals surface area contributed by atoms with Gasteiger partial charge in [-0.25, -0.2) is 9.78 Å². The van der Waals surface area contributed by atoms with E-state index in [1.165, 1.54) is 0 Å². The molecule has 2 aromatic rings. The number of rotatable bonds is 1. The summed E-state index contributed by atoms with van der Waals surface area (Å²) in [6.07, 6.45) is 0.966. The van der Waals surface area contributed by atoms with E-state index < -0.39 is 5.63 Å². The van der Waals surface area contributed by atoms with Crippen LogP contribution in [0, 0.1) is 0 Å². The summed E-state index contributed by atoms with van der Waals surface area (Å²) >= 11 is 0. The first-order chi connectivity index (χ1) is 6.81. The van der Waals surface area contributed by atoms with E-state index in [4.69, 9.17) is 9.62 Å². The largest absolute Gasteiger partial charge is 0.411 e. The van der Waals surface area contributed by atoms with E-state index in [9.17, 15) is 4.79 Å². The maximum atomic E-state index is 11.3. The van der Waals surface area contributed by atoms with E-state index in [0.717, 1.165) is 6.21 Å². The molecule has 1 aromatic carbocycles. The van der Waals surface area contributed by atoms with Crippen LogP contribution >= 0.6 is 0 Å². The van der Waals surface area contributed by atoms with E-state index in [-0.39, 0.29) is 5.89 Å². The predicted octanol–water partition coefficient (Wildman–Crippen LogP) is 0.996. The summed E-state index contributed by atoms with van der Waals surface area (Å²) in [5.74, 6) is -0.0174. The van der Waals surface area contributed by atoms with Crippen LogP contribution in [0.3, 0.4) is 0 Å². The lowest BCUT2D eigenvalue weighted by atomic mass is 10.2. The van der Waals surface area contributed by atoms with Crippen LogP contribution in [-0.4, -0.2) is 16.4 Å². The lowest BCUT2D eigenvalue weighted by Crippen LogP contribution is -2.04. The minimum Gasteiger partial charge on any atom is -0.411 e. The molecule has 0 aliphatic rings. The van der Waals surface area contributed by atoms with Crippen molar-refractivity contribution >= 4 is 17.1 Å². The molecule has 14 heavy (non-hydrogen) atoms. The second-order valence-electron chi connectivity index (χ2n) is 2.60. The van der Waals surface area contributed by atoms with Crippen molar-refractivity contribution in [3.05, 3.63) is 40.6 Å². The number of fused-ring (bicyclic) bond motifs is 1. The summed E-state index contributed by atoms with van der Waals surface area (Å²) in [6, 6.07) is 6.78. The molecule has 5 nitrogen and oxygen atoms in total. The van der Waals surface area contributed by atoms with Gasteiger partial charge in [0.15, 0.2) is 0 Å². The number of nitrogens with zero attached hydrogens (tertiary/aromatic N) is 2. The molecular weight excluding hydrogens is 184 g/mol. The van der Waals surface area contributed by atoms with Crippen LogP contribution in [0.4, 0.5) is 0 Å². The average Bonchev–Trinajstić information content (AvgIpc) is 2.18. The van der Waals surface area contributed by atoms with Crippen molar-refractivity contribution < 1.29 is 9.62 Å². The van der Waals surface area contributed by atoms with Gasteiger partial charge in [0.2, 0.25) is 5.89 Å². The summed E-state index contributed by atoms with van der Waals surface area (Å²) in [6.45, 7) is 0. The van der Waals surface area contributed by atoms with E-state index in [2.05, 4.69) is 10.1 Å². The van der Waals surface area contributed by atoms with E-state index in [1.807, 2.05) is 0 Å². The molecule has 70 valence electrons. The van der Waals surface area contributed by atoms with E-state index in [0.29, 0.717) is 10.9 Å². The van der Waals surface area contributed by atoms with Gasteiger partial charge in [0.1, 0.15) is 6.21 Å². The van der Waals surface area contributed by atoms with Gasteiger partial charge in [-0.3, -0.25) is 0 Å². The molecule has 0 saturated heterocycles. The normalized spacial score (nSPS) is 11.1. The lowest BCUT2D eigenvalue weighted by Gasteiger charge is -1.94. The Morgan fingerprint density at radius 1 is 1.43 bits per heavy atom. The first-order valence-corrected chi connectivity index (χ1v) is 3.88. The Balaban J connectivity index is 2.79. The minimum absolute atomic E-state index is 0.0174. The van der Waals surface area contributed by atoms with Crippen LogP contribution in [0.25, 0.3) is 10.9 Å². The topological polar surface area (TPSA) is 75.7 Å². The Kier molecular flexibility index (Phi) is 1.98. The molecule has 0 atom stereocenters. The fourth-order valence-electron chi connectivity index (χ4n) is 1.14. The molecule has 0 aliphatic carbocycles. The second kappa shape index (κ2) is 3.29. The predicted molar refractivity (Wildman–Crippen MR) is 49.7 cm³/mol. The molecular formula is C9H6N2O3. The third-order valence-electron chi connectivity index (χ3n) is 1.72. The van der Waals surface area contributed by atoms with Gasteiger partial charge in [0, 0.05) is 0 Å². The number of benzene rings is 1. The van der Waals surface area contributed by atoms with Crippen LogP contribution in [-0.2, 0) is 0 Å². The number of aromatic nitrogens is 1. The third kappa shape index (κ3) is 1.35. The van der Waals surface area contributed by atoms with Crippen LogP contribution in [0.1, 0.15) is 5.89 Å². The highest BCUT2D eigenvalue weighted by atomic mass is 16.4. The van der Waals surface area contributed by atoms with Crippen LogP contribution in [0.2, 0.25) is 0 Å². The zero-order valence-corrected chi connectivity index (χ0v) is 7.04. The van der Waals surface area contributed by atoms with Gasteiger partial charge < -0.3 is 9.62 Å². The Labute approximate surface area is 78.3 Å². The maximum absolute atomic E-state index is 11.3. The van der Waals surface area contributed by atoms with Crippen molar-refractivity contribution in [1.29, 1.82) is 0 Å². The van der Waals surface area contributed by atoms with Crippen molar-refractivity contribution in [3.63, 3.8) is 0 Å². The standard InChI is InChI=1S/C9H6N2O3/c12-9-6-3-1-2-4-7(6)11-8(14-9)5-10-13/h1-5,13H/b10-5+. The summed E-state index contributed by atoms with van der Waals surface area (Å²) in [7, 11) is 0. The molecule has 0 amide bonds.